The van der Waals surface area contributed by atoms with Gasteiger partial charge < -0.3 is 15.1 Å². The predicted molar refractivity (Wildman–Crippen MR) is 135 cm³/mol. The molecule has 35 heavy (non-hydrogen) atoms. The SMILES string of the molecule is Cc1ccnc(Nc2cc(N3CCN(C(=O)c4cnn(-c5ccccc5)c4C)CC3)nc(C)n2)c1. The normalized spacial score (nSPS) is 13.7. The number of anilines is 3. The fourth-order valence-corrected chi connectivity index (χ4v) is 4.27. The Kier molecular flexibility index (Phi) is 6.13. The number of rotatable bonds is 5. The molecular formula is C26H28N8O. The van der Waals surface area contributed by atoms with Crippen molar-refractivity contribution in [1.29, 1.82) is 0 Å². The predicted octanol–water partition coefficient (Wildman–Crippen LogP) is 3.69. The summed E-state index contributed by atoms with van der Waals surface area (Å²) in [4.78, 5) is 30.8. The van der Waals surface area contributed by atoms with Crippen LogP contribution < -0.4 is 10.2 Å². The smallest absolute Gasteiger partial charge is 0.257 e. The van der Waals surface area contributed by atoms with Gasteiger partial charge in [0.05, 0.1) is 23.1 Å². The summed E-state index contributed by atoms with van der Waals surface area (Å²) in [5.41, 5.74) is 3.55. The Morgan fingerprint density at radius 1 is 0.914 bits per heavy atom. The highest BCUT2D eigenvalue weighted by molar-refractivity contribution is 5.95. The van der Waals surface area contributed by atoms with E-state index in [2.05, 4.69) is 30.3 Å². The van der Waals surface area contributed by atoms with Gasteiger partial charge in [0, 0.05) is 38.4 Å². The largest absolute Gasteiger partial charge is 0.353 e. The van der Waals surface area contributed by atoms with Gasteiger partial charge in [-0.1, -0.05) is 18.2 Å². The molecule has 1 aliphatic heterocycles. The Balaban J connectivity index is 1.26. The third kappa shape index (κ3) is 4.84. The van der Waals surface area contributed by atoms with Gasteiger partial charge in [-0.05, 0) is 50.6 Å². The van der Waals surface area contributed by atoms with Gasteiger partial charge in [-0.15, -0.1) is 0 Å². The Morgan fingerprint density at radius 3 is 2.43 bits per heavy atom. The van der Waals surface area contributed by atoms with Crippen molar-refractivity contribution in [3.05, 3.63) is 83.6 Å². The Labute approximate surface area is 204 Å². The van der Waals surface area contributed by atoms with Crippen LogP contribution in [0.2, 0.25) is 0 Å². The summed E-state index contributed by atoms with van der Waals surface area (Å²) < 4.78 is 1.81. The zero-order chi connectivity index (χ0) is 24.4. The van der Waals surface area contributed by atoms with E-state index in [1.54, 1.807) is 12.4 Å². The van der Waals surface area contributed by atoms with Crippen molar-refractivity contribution < 1.29 is 4.79 Å². The molecule has 4 aromatic rings. The molecule has 178 valence electrons. The number of amides is 1. The Hall–Kier alpha value is -4.27. The van der Waals surface area contributed by atoms with Crippen molar-refractivity contribution in [2.24, 2.45) is 0 Å². The maximum atomic E-state index is 13.3. The summed E-state index contributed by atoms with van der Waals surface area (Å²) in [6, 6.07) is 15.7. The second-order valence-electron chi connectivity index (χ2n) is 8.67. The molecule has 1 N–H and O–H groups in total. The number of hydrogen-bond acceptors (Lipinski definition) is 7. The van der Waals surface area contributed by atoms with E-state index in [1.807, 2.05) is 78.9 Å². The first kappa shape index (κ1) is 22.5. The molecule has 0 aliphatic carbocycles. The van der Waals surface area contributed by atoms with E-state index >= 15 is 0 Å². The summed E-state index contributed by atoms with van der Waals surface area (Å²) in [5, 5.41) is 7.73. The van der Waals surface area contributed by atoms with Crippen LogP contribution in [-0.4, -0.2) is 61.7 Å². The van der Waals surface area contributed by atoms with Crippen molar-refractivity contribution in [2.75, 3.05) is 36.4 Å². The van der Waals surface area contributed by atoms with E-state index in [0.29, 0.717) is 43.4 Å². The van der Waals surface area contributed by atoms with E-state index < -0.39 is 0 Å². The summed E-state index contributed by atoms with van der Waals surface area (Å²) in [6.07, 6.45) is 3.44. The molecule has 1 aromatic carbocycles. The first-order valence-corrected chi connectivity index (χ1v) is 11.7. The topological polar surface area (TPSA) is 92.1 Å². The van der Waals surface area contributed by atoms with Gasteiger partial charge in [-0.2, -0.15) is 5.10 Å². The number of piperazine rings is 1. The number of nitrogens with one attached hydrogen (secondary N) is 1. The molecule has 5 rings (SSSR count). The molecule has 0 bridgehead atoms. The molecule has 1 amide bonds. The first-order valence-electron chi connectivity index (χ1n) is 11.7. The highest BCUT2D eigenvalue weighted by atomic mass is 16.2. The molecule has 1 fully saturated rings. The van der Waals surface area contributed by atoms with Crippen LogP contribution in [0, 0.1) is 20.8 Å². The standard InChI is InChI=1S/C26H28N8O/c1-18-9-10-27-23(15-18)31-24-16-25(30-20(3)29-24)32-11-13-33(14-12-32)26(35)22-17-28-34(19(22)2)21-7-5-4-6-8-21/h4-10,15-17H,11-14H2,1-3H3,(H,27,29,30,31). The molecule has 1 saturated heterocycles. The van der Waals surface area contributed by atoms with Crippen LogP contribution >= 0.6 is 0 Å². The number of carbonyl (C=O) groups is 1. The number of nitrogens with zero attached hydrogens (tertiary/aromatic N) is 7. The van der Waals surface area contributed by atoms with Crippen molar-refractivity contribution in [1.82, 2.24) is 29.6 Å². The molecule has 0 saturated carbocycles. The van der Waals surface area contributed by atoms with E-state index in [0.717, 1.165) is 28.6 Å². The average molecular weight is 469 g/mol. The lowest BCUT2D eigenvalue weighted by Crippen LogP contribution is -2.49. The van der Waals surface area contributed by atoms with Gasteiger partial charge in [-0.25, -0.2) is 19.6 Å². The molecule has 0 atom stereocenters. The molecule has 0 spiro atoms. The van der Waals surface area contributed by atoms with E-state index in [1.165, 1.54) is 0 Å². The van der Waals surface area contributed by atoms with Crippen molar-refractivity contribution in [3.63, 3.8) is 0 Å². The zero-order valence-corrected chi connectivity index (χ0v) is 20.1. The highest BCUT2D eigenvalue weighted by Crippen LogP contribution is 2.22. The lowest BCUT2D eigenvalue weighted by Gasteiger charge is -2.35. The first-order chi connectivity index (χ1) is 17.0. The van der Waals surface area contributed by atoms with E-state index in [4.69, 9.17) is 0 Å². The van der Waals surface area contributed by atoms with Crippen molar-refractivity contribution >= 4 is 23.4 Å². The Morgan fingerprint density at radius 2 is 1.69 bits per heavy atom. The number of hydrogen-bond donors (Lipinski definition) is 1. The monoisotopic (exact) mass is 468 g/mol. The van der Waals surface area contributed by atoms with Crippen LogP contribution in [0.1, 0.15) is 27.4 Å². The minimum absolute atomic E-state index is 0.0103. The van der Waals surface area contributed by atoms with Gasteiger partial charge >= 0.3 is 0 Å². The summed E-state index contributed by atoms with van der Waals surface area (Å²) >= 11 is 0. The summed E-state index contributed by atoms with van der Waals surface area (Å²) in [7, 11) is 0. The van der Waals surface area contributed by atoms with Crippen LogP contribution in [-0.2, 0) is 0 Å². The van der Waals surface area contributed by atoms with Crippen LogP contribution in [0.25, 0.3) is 5.69 Å². The maximum absolute atomic E-state index is 13.3. The quantitative estimate of drug-likeness (QED) is 0.478. The minimum Gasteiger partial charge on any atom is -0.353 e. The number of benzene rings is 1. The summed E-state index contributed by atoms with van der Waals surface area (Å²) in [6.45, 7) is 8.45. The molecular weight excluding hydrogens is 440 g/mol. The van der Waals surface area contributed by atoms with Crippen LogP contribution in [0.4, 0.5) is 17.5 Å². The molecule has 9 nitrogen and oxygen atoms in total. The number of pyridine rings is 1. The van der Waals surface area contributed by atoms with E-state index in [-0.39, 0.29) is 5.91 Å². The molecule has 4 heterocycles. The van der Waals surface area contributed by atoms with Gasteiger partial charge in [0.15, 0.2) is 0 Å². The Bertz CT molecular complexity index is 1340. The fraction of sp³-hybridized carbons (Fsp3) is 0.269. The van der Waals surface area contributed by atoms with Gasteiger partial charge in [0.1, 0.15) is 23.3 Å². The number of carbonyl (C=O) groups excluding carboxylic acids is 1. The zero-order valence-electron chi connectivity index (χ0n) is 20.1. The minimum atomic E-state index is 0.0103. The number of aromatic nitrogens is 5. The van der Waals surface area contributed by atoms with Crippen molar-refractivity contribution in [3.8, 4) is 5.69 Å². The number of aryl methyl sites for hydroxylation is 2. The maximum Gasteiger partial charge on any atom is 0.257 e. The van der Waals surface area contributed by atoms with Gasteiger partial charge in [-0.3, -0.25) is 4.79 Å². The lowest BCUT2D eigenvalue weighted by atomic mass is 10.2. The van der Waals surface area contributed by atoms with Gasteiger partial charge in [0.25, 0.3) is 5.91 Å². The molecule has 1 aliphatic rings. The van der Waals surface area contributed by atoms with Crippen LogP contribution in [0.3, 0.4) is 0 Å². The van der Waals surface area contributed by atoms with Crippen LogP contribution in [0.5, 0.6) is 0 Å². The fourth-order valence-electron chi connectivity index (χ4n) is 4.27. The second-order valence-corrected chi connectivity index (χ2v) is 8.67. The highest BCUT2D eigenvalue weighted by Gasteiger charge is 2.26. The molecule has 0 radical (unpaired) electrons. The third-order valence-corrected chi connectivity index (χ3v) is 6.13. The second kappa shape index (κ2) is 9.54. The van der Waals surface area contributed by atoms with Crippen LogP contribution in [0.15, 0.2) is 60.9 Å². The summed E-state index contributed by atoms with van der Waals surface area (Å²) in [5.74, 6) is 2.98. The third-order valence-electron chi connectivity index (χ3n) is 6.13. The molecule has 9 heteroatoms. The van der Waals surface area contributed by atoms with E-state index in [9.17, 15) is 4.79 Å². The number of para-hydroxylation sites is 1. The lowest BCUT2D eigenvalue weighted by molar-refractivity contribution is 0.0745. The van der Waals surface area contributed by atoms with Gasteiger partial charge in [0.2, 0.25) is 0 Å². The molecule has 3 aromatic heterocycles. The van der Waals surface area contributed by atoms with Crippen molar-refractivity contribution in [2.45, 2.75) is 20.8 Å². The average Bonchev–Trinajstić information content (AvgIpc) is 3.25. The molecule has 0 unspecified atom stereocenters.